The molecule has 1 rings (SSSR count). The Morgan fingerprint density at radius 3 is 2.64 bits per heavy atom. The quantitative estimate of drug-likeness (QED) is 0.665. The average Bonchev–Trinajstić information content (AvgIpc) is 2.82. The van der Waals surface area contributed by atoms with Crippen molar-refractivity contribution in [2.75, 3.05) is 0 Å². The first-order valence-electron chi connectivity index (χ1n) is 4.43. The molecule has 2 heteroatoms. The van der Waals surface area contributed by atoms with Crippen molar-refractivity contribution in [2.45, 2.75) is 45.2 Å². The van der Waals surface area contributed by atoms with Gasteiger partial charge in [0.15, 0.2) is 0 Å². The number of rotatable bonds is 4. The lowest BCUT2D eigenvalue weighted by Crippen LogP contribution is -2.36. The van der Waals surface area contributed by atoms with E-state index in [-0.39, 0.29) is 6.04 Å². The molecule has 11 heavy (non-hydrogen) atoms. The molecule has 0 saturated heterocycles. The van der Waals surface area contributed by atoms with Crippen LogP contribution in [0.5, 0.6) is 0 Å². The van der Waals surface area contributed by atoms with Crippen molar-refractivity contribution < 1.29 is 0 Å². The van der Waals surface area contributed by atoms with Crippen LogP contribution in [0.1, 0.15) is 33.1 Å². The molecule has 2 nitrogen and oxygen atoms in total. The Morgan fingerprint density at radius 2 is 2.27 bits per heavy atom. The number of nitrogens with zero attached hydrogens (tertiary/aromatic N) is 1. The molecule has 0 amide bonds. The molecule has 0 aliphatic heterocycles. The number of hydrogen-bond acceptors (Lipinski definition) is 2. The van der Waals surface area contributed by atoms with E-state index >= 15 is 0 Å². The van der Waals surface area contributed by atoms with E-state index in [4.69, 9.17) is 5.26 Å². The van der Waals surface area contributed by atoms with E-state index in [1.165, 1.54) is 12.8 Å². The normalized spacial score (nSPS) is 22.3. The summed E-state index contributed by atoms with van der Waals surface area (Å²) in [5, 5.41) is 12.1. The zero-order valence-corrected chi connectivity index (χ0v) is 7.30. The van der Waals surface area contributed by atoms with Gasteiger partial charge in [-0.1, -0.05) is 6.92 Å². The lowest BCUT2D eigenvalue weighted by Gasteiger charge is -2.15. The molecule has 0 heterocycles. The predicted molar refractivity (Wildman–Crippen MR) is 45.0 cm³/mol. The van der Waals surface area contributed by atoms with Gasteiger partial charge < -0.3 is 0 Å². The zero-order valence-electron chi connectivity index (χ0n) is 7.30. The SMILES string of the molecule is CCC(C)NC(C#N)C1CC1. The van der Waals surface area contributed by atoms with Gasteiger partial charge in [0.05, 0.1) is 12.1 Å². The third-order valence-electron chi connectivity index (χ3n) is 2.31. The van der Waals surface area contributed by atoms with Gasteiger partial charge in [-0.25, -0.2) is 0 Å². The second-order valence-corrected chi connectivity index (χ2v) is 3.42. The van der Waals surface area contributed by atoms with Gasteiger partial charge in [-0.15, -0.1) is 0 Å². The molecular formula is C9H16N2. The molecule has 0 radical (unpaired) electrons. The molecule has 0 aromatic heterocycles. The number of hydrogen-bond donors (Lipinski definition) is 1. The van der Waals surface area contributed by atoms with Crippen molar-refractivity contribution in [3.8, 4) is 6.07 Å². The minimum absolute atomic E-state index is 0.116. The minimum Gasteiger partial charge on any atom is -0.299 e. The molecule has 0 aromatic carbocycles. The fraction of sp³-hybridized carbons (Fsp3) is 0.889. The molecule has 1 N–H and O–H groups in total. The second kappa shape index (κ2) is 3.73. The summed E-state index contributed by atoms with van der Waals surface area (Å²) in [6.07, 6.45) is 3.58. The van der Waals surface area contributed by atoms with Gasteiger partial charge in [0.2, 0.25) is 0 Å². The van der Waals surface area contributed by atoms with Crippen molar-refractivity contribution in [3.63, 3.8) is 0 Å². The third kappa shape index (κ3) is 2.51. The maximum atomic E-state index is 8.77. The zero-order chi connectivity index (χ0) is 8.27. The Bertz CT molecular complexity index is 155. The van der Waals surface area contributed by atoms with Crippen LogP contribution < -0.4 is 5.32 Å². The Morgan fingerprint density at radius 1 is 1.64 bits per heavy atom. The first-order valence-corrected chi connectivity index (χ1v) is 4.43. The molecule has 2 atom stereocenters. The van der Waals surface area contributed by atoms with Crippen LogP contribution in [-0.2, 0) is 0 Å². The van der Waals surface area contributed by atoms with Gasteiger partial charge in [0.25, 0.3) is 0 Å². The lowest BCUT2D eigenvalue weighted by atomic mass is 10.1. The maximum Gasteiger partial charge on any atom is 0.0983 e. The monoisotopic (exact) mass is 152 g/mol. The van der Waals surface area contributed by atoms with Gasteiger partial charge in [0, 0.05) is 6.04 Å². The Hall–Kier alpha value is -0.550. The standard InChI is InChI=1S/C9H16N2/c1-3-7(2)11-9(6-10)8-4-5-8/h7-9,11H,3-5H2,1-2H3. The molecule has 1 aliphatic rings. The van der Waals surface area contributed by atoms with Crippen molar-refractivity contribution in [1.82, 2.24) is 5.32 Å². The topological polar surface area (TPSA) is 35.8 Å². The summed E-state index contributed by atoms with van der Waals surface area (Å²) in [6.45, 7) is 4.27. The molecule has 2 unspecified atom stereocenters. The highest BCUT2D eigenvalue weighted by molar-refractivity contribution is 5.01. The summed E-state index contributed by atoms with van der Waals surface area (Å²) in [6, 6.07) is 2.92. The fourth-order valence-corrected chi connectivity index (χ4v) is 1.13. The van der Waals surface area contributed by atoms with Gasteiger partial charge in [0.1, 0.15) is 0 Å². The maximum absolute atomic E-state index is 8.77. The van der Waals surface area contributed by atoms with Crippen molar-refractivity contribution in [1.29, 1.82) is 5.26 Å². The smallest absolute Gasteiger partial charge is 0.0983 e. The molecule has 62 valence electrons. The summed E-state index contributed by atoms with van der Waals surface area (Å²) in [4.78, 5) is 0. The van der Waals surface area contributed by atoms with Crippen molar-refractivity contribution >= 4 is 0 Å². The van der Waals surface area contributed by atoms with Crippen LogP contribution in [-0.4, -0.2) is 12.1 Å². The molecule has 0 aromatic rings. The predicted octanol–water partition coefficient (Wildman–Crippen LogP) is 1.68. The van der Waals surface area contributed by atoms with E-state index in [9.17, 15) is 0 Å². The summed E-state index contributed by atoms with van der Waals surface area (Å²) < 4.78 is 0. The Labute approximate surface area is 68.6 Å². The van der Waals surface area contributed by atoms with Gasteiger partial charge in [-0.3, -0.25) is 5.32 Å². The summed E-state index contributed by atoms with van der Waals surface area (Å²) in [7, 11) is 0. The van der Waals surface area contributed by atoms with E-state index in [0.717, 1.165) is 6.42 Å². The van der Waals surface area contributed by atoms with Gasteiger partial charge in [-0.2, -0.15) is 5.26 Å². The van der Waals surface area contributed by atoms with Gasteiger partial charge >= 0.3 is 0 Å². The highest BCUT2D eigenvalue weighted by atomic mass is 15.0. The van der Waals surface area contributed by atoms with Crippen molar-refractivity contribution in [3.05, 3.63) is 0 Å². The number of nitrogens with one attached hydrogen (secondary N) is 1. The van der Waals surface area contributed by atoms with E-state index in [1.807, 2.05) is 0 Å². The molecule has 1 aliphatic carbocycles. The van der Waals surface area contributed by atoms with E-state index < -0.39 is 0 Å². The van der Waals surface area contributed by atoms with E-state index in [0.29, 0.717) is 12.0 Å². The molecule has 1 saturated carbocycles. The summed E-state index contributed by atoms with van der Waals surface area (Å²) >= 11 is 0. The van der Waals surface area contributed by atoms with E-state index in [1.54, 1.807) is 0 Å². The summed E-state index contributed by atoms with van der Waals surface area (Å²) in [5.41, 5.74) is 0. The Balaban J connectivity index is 2.26. The van der Waals surface area contributed by atoms with Crippen molar-refractivity contribution in [2.24, 2.45) is 5.92 Å². The fourth-order valence-electron chi connectivity index (χ4n) is 1.13. The highest BCUT2D eigenvalue weighted by Crippen LogP contribution is 2.32. The van der Waals surface area contributed by atoms with E-state index in [2.05, 4.69) is 25.2 Å². The first-order chi connectivity index (χ1) is 5.27. The highest BCUT2D eigenvalue weighted by Gasteiger charge is 2.31. The van der Waals surface area contributed by atoms with Gasteiger partial charge in [-0.05, 0) is 32.1 Å². The molecule has 0 bridgehead atoms. The number of nitriles is 1. The molecular weight excluding hydrogens is 136 g/mol. The first kappa shape index (κ1) is 8.55. The van der Waals surface area contributed by atoms with Crippen LogP contribution >= 0.6 is 0 Å². The lowest BCUT2D eigenvalue weighted by molar-refractivity contribution is 0.460. The third-order valence-corrected chi connectivity index (χ3v) is 2.31. The molecule has 1 fully saturated rings. The largest absolute Gasteiger partial charge is 0.299 e. The average molecular weight is 152 g/mol. The van der Waals surface area contributed by atoms with Crippen LogP contribution in [0.3, 0.4) is 0 Å². The Kier molecular flexibility index (Phi) is 2.90. The minimum atomic E-state index is 0.116. The van der Waals surface area contributed by atoms with Crippen LogP contribution in [0.2, 0.25) is 0 Å². The summed E-state index contributed by atoms with van der Waals surface area (Å²) in [5.74, 6) is 0.647. The second-order valence-electron chi connectivity index (χ2n) is 3.42. The van der Waals surface area contributed by atoms with Crippen LogP contribution in [0, 0.1) is 17.2 Å². The van der Waals surface area contributed by atoms with Crippen LogP contribution in [0.25, 0.3) is 0 Å². The molecule has 0 spiro atoms. The van der Waals surface area contributed by atoms with Crippen LogP contribution in [0.15, 0.2) is 0 Å². The van der Waals surface area contributed by atoms with Crippen LogP contribution in [0.4, 0.5) is 0 Å².